The lowest BCUT2D eigenvalue weighted by molar-refractivity contribution is -0.129. The molecule has 2 N–H and O–H groups in total. The summed E-state index contributed by atoms with van der Waals surface area (Å²) in [7, 11) is 0. The predicted octanol–water partition coefficient (Wildman–Crippen LogP) is 1.63. The van der Waals surface area contributed by atoms with Gasteiger partial charge in [-0.15, -0.1) is 0 Å². The number of hydrogen-bond acceptors (Lipinski definition) is 3. The largest absolute Gasteiger partial charge is 0.342 e. The van der Waals surface area contributed by atoms with Crippen molar-refractivity contribution in [3.63, 3.8) is 0 Å². The molecule has 0 spiro atoms. The molecule has 1 saturated carbocycles. The van der Waals surface area contributed by atoms with Crippen molar-refractivity contribution < 1.29 is 13.6 Å². The van der Waals surface area contributed by atoms with E-state index in [9.17, 15) is 13.6 Å². The molecule has 5 nitrogen and oxygen atoms in total. The van der Waals surface area contributed by atoms with Gasteiger partial charge in [0.15, 0.2) is 0 Å². The number of aryl methyl sites for hydroxylation is 1. The maximum absolute atomic E-state index is 12.8. The SMILES string of the molecule is Cc1nn(C(F)F)c(C)c1CC(=O)N1CC2CCC(N)C2C1. The van der Waals surface area contributed by atoms with E-state index >= 15 is 0 Å². The lowest BCUT2D eigenvalue weighted by atomic mass is 9.98. The number of likely N-dealkylation sites (tertiary alicyclic amines) is 1. The maximum atomic E-state index is 12.8. The third-order valence-electron chi connectivity index (χ3n) is 5.25. The Morgan fingerprint density at radius 1 is 1.36 bits per heavy atom. The molecule has 2 aliphatic rings. The summed E-state index contributed by atoms with van der Waals surface area (Å²) in [4.78, 5) is 14.3. The summed E-state index contributed by atoms with van der Waals surface area (Å²) >= 11 is 0. The van der Waals surface area contributed by atoms with Gasteiger partial charge in [0.1, 0.15) is 0 Å². The van der Waals surface area contributed by atoms with Crippen LogP contribution >= 0.6 is 0 Å². The van der Waals surface area contributed by atoms with Crippen molar-refractivity contribution in [2.75, 3.05) is 13.1 Å². The number of carbonyl (C=O) groups excluding carboxylic acids is 1. The zero-order valence-electron chi connectivity index (χ0n) is 12.9. The minimum Gasteiger partial charge on any atom is -0.342 e. The van der Waals surface area contributed by atoms with E-state index in [1.807, 2.05) is 4.90 Å². The van der Waals surface area contributed by atoms with Crippen LogP contribution in [-0.2, 0) is 11.2 Å². The molecule has 7 heteroatoms. The fourth-order valence-electron chi connectivity index (χ4n) is 3.92. The van der Waals surface area contributed by atoms with Crippen LogP contribution in [0.2, 0.25) is 0 Å². The van der Waals surface area contributed by atoms with Crippen molar-refractivity contribution in [2.45, 2.75) is 45.7 Å². The molecule has 0 aromatic carbocycles. The van der Waals surface area contributed by atoms with E-state index in [-0.39, 0.29) is 18.4 Å². The van der Waals surface area contributed by atoms with E-state index in [0.29, 0.717) is 40.0 Å². The van der Waals surface area contributed by atoms with Gasteiger partial charge >= 0.3 is 6.55 Å². The summed E-state index contributed by atoms with van der Waals surface area (Å²) in [6.07, 6.45) is 2.26. The Hall–Kier alpha value is -1.50. The molecular formula is C15H22F2N4O. The number of rotatable bonds is 3. The second-order valence-corrected chi connectivity index (χ2v) is 6.51. The molecule has 1 amide bonds. The number of carbonyl (C=O) groups is 1. The number of fused-ring (bicyclic) bond motifs is 1. The van der Waals surface area contributed by atoms with Crippen LogP contribution in [-0.4, -0.2) is 39.7 Å². The van der Waals surface area contributed by atoms with Crippen molar-refractivity contribution in [1.29, 1.82) is 0 Å². The average Bonchev–Trinajstić information content (AvgIpc) is 3.10. The van der Waals surface area contributed by atoms with Gasteiger partial charge in [0, 0.05) is 30.4 Å². The van der Waals surface area contributed by atoms with Gasteiger partial charge in [0.05, 0.1) is 12.1 Å². The number of aromatic nitrogens is 2. The van der Waals surface area contributed by atoms with Gasteiger partial charge in [-0.2, -0.15) is 13.9 Å². The maximum Gasteiger partial charge on any atom is 0.333 e. The zero-order chi connectivity index (χ0) is 16.0. The summed E-state index contributed by atoms with van der Waals surface area (Å²) in [5, 5.41) is 3.83. The van der Waals surface area contributed by atoms with E-state index < -0.39 is 6.55 Å². The van der Waals surface area contributed by atoms with Crippen LogP contribution in [0.15, 0.2) is 0 Å². The minimum absolute atomic E-state index is 0.0124. The smallest absolute Gasteiger partial charge is 0.333 e. The van der Waals surface area contributed by atoms with Gasteiger partial charge in [0.25, 0.3) is 0 Å². The molecule has 1 aromatic rings. The van der Waals surface area contributed by atoms with E-state index in [2.05, 4.69) is 5.10 Å². The lowest BCUT2D eigenvalue weighted by Crippen LogP contribution is -2.34. The zero-order valence-corrected chi connectivity index (χ0v) is 12.9. The first kappa shape index (κ1) is 15.4. The molecule has 0 radical (unpaired) electrons. The third kappa shape index (κ3) is 2.51. The molecule has 3 atom stereocenters. The second-order valence-electron chi connectivity index (χ2n) is 6.51. The van der Waals surface area contributed by atoms with Gasteiger partial charge in [0.2, 0.25) is 5.91 Å². The molecule has 1 aliphatic heterocycles. The van der Waals surface area contributed by atoms with Crippen LogP contribution in [0.1, 0.15) is 36.3 Å². The van der Waals surface area contributed by atoms with Crippen LogP contribution in [0.5, 0.6) is 0 Å². The summed E-state index contributed by atoms with van der Waals surface area (Å²) < 4.78 is 26.4. The average molecular weight is 312 g/mol. The number of nitrogens with two attached hydrogens (primary N) is 1. The predicted molar refractivity (Wildman–Crippen MR) is 77.4 cm³/mol. The van der Waals surface area contributed by atoms with Crippen molar-refractivity contribution in [3.8, 4) is 0 Å². The van der Waals surface area contributed by atoms with Crippen molar-refractivity contribution >= 4 is 5.91 Å². The fourth-order valence-corrected chi connectivity index (χ4v) is 3.92. The standard InChI is InChI=1S/C15H22F2N4O/c1-8-11(9(2)21(19-8)15(16)17)5-14(22)20-6-10-3-4-13(18)12(10)7-20/h10,12-13,15H,3-7,18H2,1-2H3. The third-order valence-corrected chi connectivity index (χ3v) is 5.25. The number of alkyl halides is 2. The van der Waals surface area contributed by atoms with Crippen molar-refractivity contribution in [2.24, 2.45) is 17.6 Å². The van der Waals surface area contributed by atoms with Crippen molar-refractivity contribution in [1.82, 2.24) is 14.7 Å². The quantitative estimate of drug-likeness (QED) is 0.923. The second kappa shape index (κ2) is 5.61. The van der Waals surface area contributed by atoms with Crippen LogP contribution in [0, 0.1) is 25.7 Å². The van der Waals surface area contributed by atoms with Crippen LogP contribution in [0.25, 0.3) is 0 Å². The van der Waals surface area contributed by atoms with Crippen LogP contribution in [0.3, 0.4) is 0 Å². The first-order chi connectivity index (χ1) is 10.4. The summed E-state index contributed by atoms with van der Waals surface area (Å²) in [5.41, 5.74) is 7.58. The molecular weight excluding hydrogens is 290 g/mol. The summed E-state index contributed by atoms with van der Waals surface area (Å²) in [6, 6.07) is 0.188. The van der Waals surface area contributed by atoms with Gasteiger partial charge in [-0.25, -0.2) is 4.68 Å². The molecule has 122 valence electrons. The summed E-state index contributed by atoms with van der Waals surface area (Å²) in [5.74, 6) is 0.890. The Bertz CT molecular complexity index is 586. The highest BCUT2D eigenvalue weighted by atomic mass is 19.3. The Labute approximate surface area is 128 Å². The van der Waals surface area contributed by atoms with E-state index in [1.54, 1.807) is 13.8 Å². The lowest BCUT2D eigenvalue weighted by Gasteiger charge is -2.19. The molecule has 1 saturated heterocycles. The Balaban J connectivity index is 1.71. The Morgan fingerprint density at radius 2 is 2.09 bits per heavy atom. The first-order valence-corrected chi connectivity index (χ1v) is 7.74. The minimum atomic E-state index is -2.67. The van der Waals surface area contributed by atoms with Gasteiger partial charge in [-0.3, -0.25) is 4.79 Å². The normalized spacial score (nSPS) is 27.7. The van der Waals surface area contributed by atoms with E-state index in [4.69, 9.17) is 5.73 Å². The summed E-state index contributed by atoms with van der Waals surface area (Å²) in [6.45, 7) is 2.03. The van der Waals surface area contributed by atoms with Gasteiger partial charge in [-0.05, 0) is 38.5 Å². The van der Waals surface area contributed by atoms with Crippen LogP contribution < -0.4 is 5.73 Å². The molecule has 0 bridgehead atoms. The highest BCUT2D eigenvalue weighted by Crippen LogP contribution is 2.37. The van der Waals surface area contributed by atoms with E-state index in [0.717, 1.165) is 19.4 Å². The number of hydrogen-bond donors (Lipinski definition) is 1. The number of amides is 1. The van der Waals surface area contributed by atoms with Gasteiger partial charge in [-0.1, -0.05) is 0 Å². The number of nitrogens with zero attached hydrogens (tertiary/aromatic N) is 3. The van der Waals surface area contributed by atoms with E-state index in [1.165, 1.54) is 0 Å². The molecule has 1 aromatic heterocycles. The molecule has 3 rings (SSSR count). The molecule has 3 unspecified atom stereocenters. The Kier molecular flexibility index (Phi) is 3.92. The van der Waals surface area contributed by atoms with Crippen LogP contribution in [0.4, 0.5) is 8.78 Å². The van der Waals surface area contributed by atoms with Gasteiger partial charge < -0.3 is 10.6 Å². The van der Waals surface area contributed by atoms with Crippen molar-refractivity contribution in [3.05, 3.63) is 17.0 Å². The highest BCUT2D eigenvalue weighted by molar-refractivity contribution is 5.79. The molecule has 1 aliphatic carbocycles. The molecule has 22 heavy (non-hydrogen) atoms. The topological polar surface area (TPSA) is 64.2 Å². The Morgan fingerprint density at radius 3 is 2.68 bits per heavy atom. The first-order valence-electron chi connectivity index (χ1n) is 7.74. The molecule has 2 heterocycles. The molecule has 2 fully saturated rings. The highest BCUT2D eigenvalue weighted by Gasteiger charge is 2.42. The number of halogens is 2. The monoisotopic (exact) mass is 312 g/mol. The fraction of sp³-hybridized carbons (Fsp3) is 0.733.